The molecular formula is C15H26N2O2S2. The van der Waals surface area contributed by atoms with Gasteiger partial charge in [-0.15, -0.1) is 0 Å². The standard InChI is InChI=1S/C15H26N2O2S2/c1-13(2)21(18,19)16-11-15(14-7-10-20-12-14)17-8-5-3-4-6-9-17/h7,10,12-13,15-16H,3-6,8-9,11H2,1-2H3. The van der Waals surface area contributed by atoms with Crippen molar-refractivity contribution in [3.63, 3.8) is 0 Å². The van der Waals surface area contributed by atoms with Crippen molar-refractivity contribution < 1.29 is 8.42 Å². The summed E-state index contributed by atoms with van der Waals surface area (Å²) in [6, 6.07) is 2.27. The third-order valence-corrected chi connectivity index (χ3v) is 6.62. The average molecular weight is 331 g/mol. The molecule has 0 saturated carbocycles. The van der Waals surface area contributed by atoms with Gasteiger partial charge in [-0.2, -0.15) is 11.3 Å². The second-order valence-electron chi connectivity index (χ2n) is 5.96. The number of hydrogen-bond acceptors (Lipinski definition) is 4. The molecule has 1 aromatic rings. The van der Waals surface area contributed by atoms with Crippen LogP contribution in [0.15, 0.2) is 16.8 Å². The van der Waals surface area contributed by atoms with Crippen molar-refractivity contribution >= 4 is 21.4 Å². The number of thiophene rings is 1. The fourth-order valence-electron chi connectivity index (χ4n) is 2.69. The minimum absolute atomic E-state index is 0.155. The molecule has 0 spiro atoms. The first-order chi connectivity index (χ1) is 10.0. The van der Waals surface area contributed by atoms with Crippen LogP contribution in [0.1, 0.15) is 51.1 Å². The van der Waals surface area contributed by atoms with Gasteiger partial charge < -0.3 is 0 Å². The zero-order valence-electron chi connectivity index (χ0n) is 12.9. The topological polar surface area (TPSA) is 49.4 Å². The molecule has 1 fully saturated rings. The van der Waals surface area contributed by atoms with Gasteiger partial charge in [-0.05, 0) is 62.2 Å². The molecule has 1 aliphatic rings. The van der Waals surface area contributed by atoms with Crippen LogP contribution in [-0.2, 0) is 10.0 Å². The summed E-state index contributed by atoms with van der Waals surface area (Å²) in [4.78, 5) is 2.44. The van der Waals surface area contributed by atoms with Gasteiger partial charge >= 0.3 is 0 Å². The van der Waals surface area contributed by atoms with E-state index in [1.54, 1.807) is 25.2 Å². The Balaban J connectivity index is 2.09. The predicted molar refractivity (Wildman–Crippen MR) is 89.2 cm³/mol. The molecule has 2 rings (SSSR count). The van der Waals surface area contributed by atoms with E-state index in [1.165, 1.54) is 31.2 Å². The SMILES string of the molecule is CC(C)S(=O)(=O)NCC(c1ccsc1)N1CCCCCC1. The molecule has 0 radical (unpaired) electrons. The number of sulfonamides is 1. The highest BCUT2D eigenvalue weighted by atomic mass is 32.2. The number of rotatable bonds is 6. The Hall–Kier alpha value is -0.430. The van der Waals surface area contributed by atoms with Gasteiger partial charge in [0.2, 0.25) is 10.0 Å². The van der Waals surface area contributed by atoms with Crippen LogP contribution in [0.5, 0.6) is 0 Å². The quantitative estimate of drug-likeness (QED) is 0.872. The van der Waals surface area contributed by atoms with E-state index in [-0.39, 0.29) is 11.3 Å². The van der Waals surface area contributed by atoms with Crippen molar-refractivity contribution in [3.05, 3.63) is 22.4 Å². The minimum atomic E-state index is -3.21. The molecule has 120 valence electrons. The van der Waals surface area contributed by atoms with E-state index in [0.29, 0.717) is 6.54 Å². The lowest BCUT2D eigenvalue weighted by atomic mass is 10.1. The van der Waals surface area contributed by atoms with Gasteiger partial charge in [0.25, 0.3) is 0 Å². The molecule has 4 nitrogen and oxygen atoms in total. The molecule has 0 aliphatic carbocycles. The van der Waals surface area contributed by atoms with Gasteiger partial charge in [-0.1, -0.05) is 12.8 Å². The summed E-state index contributed by atoms with van der Waals surface area (Å²) in [5.74, 6) is 0. The maximum Gasteiger partial charge on any atom is 0.213 e. The van der Waals surface area contributed by atoms with E-state index in [4.69, 9.17) is 0 Å². The van der Waals surface area contributed by atoms with E-state index in [0.717, 1.165) is 13.1 Å². The lowest BCUT2D eigenvalue weighted by Crippen LogP contribution is -2.40. The van der Waals surface area contributed by atoms with Crippen molar-refractivity contribution in [2.24, 2.45) is 0 Å². The Morgan fingerprint density at radius 3 is 2.43 bits per heavy atom. The van der Waals surface area contributed by atoms with Crippen LogP contribution in [0, 0.1) is 0 Å². The molecular weight excluding hydrogens is 304 g/mol. The molecule has 1 unspecified atom stereocenters. The van der Waals surface area contributed by atoms with Gasteiger partial charge in [0.05, 0.1) is 5.25 Å². The van der Waals surface area contributed by atoms with E-state index < -0.39 is 10.0 Å². The summed E-state index contributed by atoms with van der Waals surface area (Å²) >= 11 is 1.67. The van der Waals surface area contributed by atoms with Crippen LogP contribution in [0.3, 0.4) is 0 Å². The van der Waals surface area contributed by atoms with Gasteiger partial charge in [0.15, 0.2) is 0 Å². The summed E-state index contributed by atoms with van der Waals surface area (Å²) in [5, 5.41) is 3.82. The van der Waals surface area contributed by atoms with Gasteiger partial charge in [0.1, 0.15) is 0 Å². The highest BCUT2D eigenvalue weighted by Crippen LogP contribution is 2.25. The molecule has 0 aromatic carbocycles. The molecule has 1 aromatic heterocycles. The van der Waals surface area contributed by atoms with Crippen LogP contribution < -0.4 is 4.72 Å². The van der Waals surface area contributed by atoms with E-state index in [2.05, 4.69) is 26.4 Å². The lowest BCUT2D eigenvalue weighted by Gasteiger charge is -2.30. The molecule has 0 bridgehead atoms. The van der Waals surface area contributed by atoms with Crippen LogP contribution in [0.25, 0.3) is 0 Å². The summed E-state index contributed by atoms with van der Waals surface area (Å²) in [6.07, 6.45) is 4.98. The van der Waals surface area contributed by atoms with Crippen molar-refractivity contribution in [1.29, 1.82) is 0 Å². The Morgan fingerprint density at radius 2 is 1.90 bits per heavy atom. The van der Waals surface area contributed by atoms with E-state index >= 15 is 0 Å². The first kappa shape index (κ1) is 16.9. The summed E-state index contributed by atoms with van der Waals surface area (Å²) in [5.41, 5.74) is 1.23. The maximum atomic E-state index is 12.0. The third kappa shape index (κ3) is 4.77. The first-order valence-electron chi connectivity index (χ1n) is 7.75. The summed E-state index contributed by atoms with van der Waals surface area (Å²) in [7, 11) is -3.21. The molecule has 21 heavy (non-hydrogen) atoms. The number of likely N-dealkylation sites (tertiary alicyclic amines) is 1. The second-order valence-corrected chi connectivity index (χ2v) is 9.07. The maximum absolute atomic E-state index is 12.0. The zero-order valence-corrected chi connectivity index (χ0v) is 14.5. The van der Waals surface area contributed by atoms with Crippen molar-refractivity contribution in [2.75, 3.05) is 19.6 Å². The monoisotopic (exact) mass is 330 g/mol. The van der Waals surface area contributed by atoms with Crippen LogP contribution >= 0.6 is 11.3 Å². The molecule has 1 N–H and O–H groups in total. The number of hydrogen-bond donors (Lipinski definition) is 1. The molecule has 6 heteroatoms. The predicted octanol–water partition coefficient (Wildman–Crippen LogP) is 2.99. The highest BCUT2D eigenvalue weighted by molar-refractivity contribution is 7.90. The van der Waals surface area contributed by atoms with Gasteiger partial charge in [-0.3, -0.25) is 4.90 Å². The fraction of sp³-hybridized carbons (Fsp3) is 0.733. The fourth-order valence-corrected chi connectivity index (χ4v) is 4.12. The molecule has 1 saturated heterocycles. The Morgan fingerprint density at radius 1 is 1.24 bits per heavy atom. The number of nitrogens with zero attached hydrogens (tertiary/aromatic N) is 1. The van der Waals surface area contributed by atoms with Crippen LogP contribution in [0.2, 0.25) is 0 Å². The van der Waals surface area contributed by atoms with Crippen LogP contribution in [-0.4, -0.2) is 38.2 Å². The highest BCUT2D eigenvalue weighted by Gasteiger charge is 2.24. The lowest BCUT2D eigenvalue weighted by molar-refractivity contribution is 0.206. The van der Waals surface area contributed by atoms with Crippen molar-refractivity contribution in [1.82, 2.24) is 9.62 Å². The molecule has 1 atom stereocenters. The Labute approximate surface area is 132 Å². The second kappa shape index (κ2) is 7.72. The Kier molecular flexibility index (Phi) is 6.22. The van der Waals surface area contributed by atoms with E-state index in [1.807, 2.05) is 0 Å². The molecule has 1 aliphatic heterocycles. The average Bonchev–Trinajstić information content (AvgIpc) is 2.82. The largest absolute Gasteiger partial charge is 0.295 e. The third-order valence-electron chi connectivity index (χ3n) is 4.11. The molecule has 2 heterocycles. The van der Waals surface area contributed by atoms with Gasteiger partial charge in [0, 0.05) is 12.6 Å². The van der Waals surface area contributed by atoms with Crippen LogP contribution in [0.4, 0.5) is 0 Å². The summed E-state index contributed by atoms with van der Waals surface area (Å²) < 4.78 is 26.9. The number of nitrogens with one attached hydrogen (secondary N) is 1. The molecule has 0 amide bonds. The smallest absolute Gasteiger partial charge is 0.213 e. The summed E-state index contributed by atoms with van der Waals surface area (Å²) in [6.45, 7) is 6.02. The first-order valence-corrected chi connectivity index (χ1v) is 10.2. The van der Waals surface area contributed by atoms with Crippen molar-refractivity contribution in [3.8, 4) is 0 Å². The van der Waals surface area contributed by atoms with Gasteiger partial charge in [-0.25, -0.2) is 13.1 Å². The van der Waals surface area contributed by atoms with E-state index in [9.17, 15) is 8.42 Å². The minimum Gasteiger partial charge on any atom is -0.295 e. The van der Waals surface area contributed by atoms with Crippen molar-refractivity contribution in [2.45, 2.75) is 50.8 Å². The normalized spacial score (nSPS) is 19.6. The Bertz CT molecular complexity index is 504. The zero-order chi connectivity index (χ0) is 15.3.